The van der Waals surface area contributed by atoms with Crippen LogP contribution in [0.1, 0.15) is 20.8 Å². The standard InChI is InChI=1S/C12H8Br2ClFS/c1-6-2-3-7(16)4-8(6)11(14)10-5-9(13)12(15)17-10/h2-5,11H,1H3. The Morgan fingerprint density at radius 2 is 2.06 bits per heavy atom. The minimum absolute atomic E-state index is 0.0352. The molecule has 0 nitrogen and oxygen atoms in total. The van der Waals surface area contributed by atoms with Crippen LogP contribution in [0.4, 0.5) is 4.39 Å². The van der Waals surface area contributed by atoms with Crippen LogP contribution in [0.5, 0.6) is 0 Å². The number of hydrogen-bond donors (Lipinski definition) is 0. The van der Waals surface area contributed by atoms with Crippen molar-refractivity contribution in [3.63, 3.8) is 0 Å². The van der Waals surface area contributed by atoms with Gasteiger partial charge in [0.1, 0.15) is 10.2 Å². The normalized spacial score (nSPS) is 12.8. The van der Waals surface area contributed by atoms with Crippen molar-refractivity contribution in [1.29, 1.82) is 0 Å². The van der Waals surface area contributed by atoms with Gasteiger partial charge in [-0.3, -0.25) is 0 Å². The summed E-state index contributed by atoms with van der Waals surface area (Å²) in [5.41, 5.74) is 1.98. The van der Waals surface area contributed by atoms with Crippen LogP contribution >= 0.6 is 54.8 Å². The maximum absolute atomic E-state index is 13.3. The van der Waals surface area contributed by atoms with Gasteiger partial charge >= 0.3 is 0 Å². The first-order valence-corrected chi connectivity index (χ1v) is 7.74. The van der Waals surface area contributed by atoms with E-state index in [9.17, 15) is 4.39 Å². The molecule has 0 aliphatic rings. The fourth-order valence-corrected chi connectivity index (χ4v) is 4.17. The highest BCUT2D eigenvalue weighted by atomic mass is 79.9. The van der Waals surface area contributed by atoms with E-state index in [0.29, 0.717) is 4.34 Å². The number of aryl methyl sites for hydroxylation is 1. The number of alkyl halides is 1. The van der Waals surface area contributed by atoms with Crippen LogP contribution in [0.3, 0.4) is 0 Å². The van der Waals surface area contributed by atoms with E-state index < -0.39 is 0 Å². The lowest BCUT2D eigenvalue weighted by Crippen LogP contribution is -1.94. The van der Waals surface area contributed by atoms with Crippen LogP contribution in [0.15, 0.2) is 28.7 Å². The van der Waals surface area contributed by atoms with E-state index in [0.717, 1.165) is 20.5 Å². The number of rotatable bonds is 2. The highest BCUT2D eigenvalue weighted by molar-refractivity contribution is 9.10. The molecule has 0 radical (unpaired) electrons. The summed E-state index contributed by atoms with van der Waals surface area (Å²) in [5.74, 6) is -0.225. The lowest BCUT2D eigenvalue weighted by Gasteiger charge is -2.11. The average molecular weight is 399 g/mol. The van der Waals surface area contributed by atoms with Crippen molar-refractivity contribution in [1.82, 2.24) is 0 Å². The predicted octanol–water partition coefficient (Wildman–Crippen LogP) is 6.10. The summed E-state index contributed by atoms with van der Waals surface area (Å²) < 4.78 is 14.8. The van der Waals surface area contributed by atoms with Gasteiger partial charge in [0.25, 0.3) is 0 Å². The molecule has 0 saturated heterocycles. The average Bonchev–Trinajstić information content (AvgIpc) is 2.62. The van der Waals surface area contributed by atoms with E-state index in [4.69, 9.17) is 11.6 Å². The quantitative estimate of drug-likeness (QED) is 0.537. The first-order valence-electron chi connectivity index (χ1n) is 4.84. The smallest absolute Gasteiger partial charge is 0.123 e. The Bertz CT molecular complexity index is 534. The highest BCUT2D eigenvalue weighted by Crippen LogP contribution is 2.42. The number of halogens is 4. The molecule has 1 aromatic heterocycles. The molecule has 0 bridgehead atoms. The van der Waals surface area contributed by atoms with Crippen LogP contribution in [0, 0.1) is 12.7 Å². The molecule has 2 rings (SSSR count). The van der Waals surface area contributed by atoms with E-state index in [-0.39, 0.29) is 10.6 Å². The highest BCUT2D eigenvalue weighted by Gasteiger charge is 2.17. The van der Waals surface area contributed by atoms with E-state index in [1.807, 2.05) is 13.0 Å². The molecule has 0 aliphatic carbocycles. The van der Waals surface area contributed by atoms with Gasteiger partial charge in [-0.15, -0.1) is 11.3 Å². The molecular weight excluding hydrogens is 390 g/mol. The zero-order chi connectivity index (χ0) is 12.6. The lowest BCUT2D eigenvalue weighted by molar-refractivity contribution is 0.625. The molecule has 17 heavy (non-hydrogen) atoms. The third kappa shape index (κ3) is 2.92. The summed E-state index contributed by atoms with van der Waals surface area (Å²) in [4.78, 5) is 1.02. The van der Waals surface area contributed by atoms with Crippen molar-refractivity contribution in [2.24, 2.45) is 0 Å². The second-order valence-electron chi connectivity index (χ2n) is 3.63. The van der Waals surface area contributed by atoms with Crippen molar-refractivity contribution in [2.75, 3.05) is 0 Å². The topological polar surface area (TPSA) is 0 Å². The van der Waals surface area contributed by atoms with E-state index in [1.54, 1.807) is 12.1 Å². The summed E-state index contributed by atoms with van der Waals surface area (Å²) in [6.45, 7) is 1.97. The Balaban J connectivity index is 2.42. The summed E-state index contributed by atoms with van der Waals surface area (Å²) in [6.07, 6.45) is 0. The summed E-state index contributed by atoms with van der Waals surface area (Å²) in [5, 5.41) is 0. The van der Waals surface area contributed by atoms with Crippen molar-refractivity contribution in [3.8, 4) is 0 Å². The number of benzene rings is 1. The van der Waals surface area contributed by atoms with Gasteiger partial charge in [0, 0.05) is 9.35 Å². The summed E-state index contributed by atoms with van der Waals surface area (Å²) >= 11 is 14.5. The monoisotopic (exact) mass is 396 g/mol. The SMILES string of the molecule is Cc1ccc(F)cc1C(Br)c1cc(Br)c(Cl)s1. The van der Waals surface area contributed by atoms with Gasteiger partial charge in [0.05, 0.1) is 4.83 Å². The zero-order valence-electron chi connectivity index (χ0n) is 8.81. The first kappa shape index (κ1) is 13.5. The summed E-state index contributed by atoms with van der Waals surface area (Å²) in [6, 6.07) is 6.76. The molecule has 0 spiro atoms. The fraction of sp³-hybridized carbons (Fsp3) is 0.167. The van der Waals surface area contributed by atoms with Crippen LogP contribution < -0.4 is 0 Å². The molecule has 1 heterocycles. The molecule has 1 aromatic carbocycles. The van der Waals surface area contributed by atoms with E-state index in [1.165, 1.54) is 17.4 Å². The second-order valence-corrected chi connectivity index (χ2v) is 7.09. The van der Waals surface area contributed by atoms with Crippen molar-refractivity contribution < 1.29 is 4.39 Å². The Kier molecular flexibility index (Phi) is 4.29. The molecule has 0 fully saturated rings. The molecule has 90 valence electrons. The Morgan fingerprint density at radius 3 is 2.65 bits per heavy atom. The number of thiophene rings is 1. The maximum Gasteiger partial charge on any atom is 0.123 e. The van der Waals surface area contributed by atoms with Crippen molar-refractivity contribution in [3.05, 3.63) is 54.9 Å². The van der Waals surface area contributed by atoms with Crippen LogP contribution in [0.25, 0.3) is 0 Å². The summed E-state index contributed by atoms with van der Waals surface area (Å²) in [7, 11) is 0. The zero-order valence-corrected chi connectivity index (χ0v) is 13.6. The molecule has 1 atom stereocenters. The Hall–Kier alpha value is 0.1000. The van der Waals surface area contributed by atoms with Gasteiger partial charge in [0.15, 0.2) is 0 Å². The minimum atomic E-state index is -0.225. The van der Waals surface area contributed by atoms with Crippen LogP contribution in [0.2, 0.25) is 4.34 Å². The molecular formula is C12H8Br2ClFS. The third-order valence-corrected chi connectivity index (χ3v) is 6.26. The fourth-order valence-electron chi connectivity index (χ4n) is 1.53. The molecule has 1 unspecified atom stereocenters. The molecule has 0 saturated carbocycles. The van der Waals surface area contributed by atoms with Crippen LogP contribution in [-0.4, -0.2) is 0 Å². The molecule has 0 N–H and O–H groups in total. The van der Waals surface area contributed by atoms with Gasteiger partial charge < -0.3 is 0 Å². The van der Waals surface area contributed by atoms with E-state index >= 15 is 0 Å². The van der Waals surface area contributed by atoms with Gasteiger partial charge in [-0.1, -0.05) is 33.6 Å². The largest absolute Gasteiger partial charge is 0.207 e. The van der Waals surface area contributed by atoms with Gasteiger partial charge in [-0.25, -0.2) is 4.39 Å². The third-order valence-electron chi connectivity index (χ3n) is 2.43. The lowest BCUT2D eigenvalue weighted by atomic mass is 10.0. The molecule has 2 aromatic rings. The van der Waals surface area contributed by atoms with Gasteiger partial charge in [-0.05, 0) is 52.2 Å². The Morgan fingerprint density at radius 1 is 1.35 bits per heavy atom. The van der Waals surface area contributed by atoms with Gasteiger partial charge in [0.2, 0.25) is 0 Å². The predicted molar refractivity (Wildman–Crippen MR) is 78.9 cm³/mol. The minimum Gasteiger partial charge on any atom is -0.207 e. The van der Waals surface area contributed by atoms with Crippen molar-refractivity contribution in [2.45, 2.75) is 11.8 Å². The number of hydrogen-bond acceptors (Lipinski definition) is 1. The maximum atomic E-state index is 13.3. The first-order chi connectivity index (χ1) is 7.99. The van der Waals surface area contributed by atoms with Crippen molar-refractivity contribution >= 4 is 54.8 Å². The molecule has 5 heteroatoms. The molecule has 0 amide bonds. The Labute approximate surface area is 125 Å². The second kappa shape index (κ2) is 5.39. The van der Waals surface area contributed by atoms with Crippen LogP contribution in [-0.2, 0) is 0 Å². The molecule has 0 aliphatic heterocycles. The van der Waals surface area contributed by atoms with E-state index in [2.05, 4.69) is 31.9 Å². The van der Waals surface area contributed by atoms with Gasteiger partial charge in [-0.2, -0.15) is 0 Å².